The first-order valence-electron chi connectivity index (χ1n) is 7.31. The third kappa shape index (κ3) is 2.04. The van der Waals surface area contributed by atoms with Crippen LogP contribution in [0.2, 0.25) is 0 Å². The standard InChI is InChI=1S/C20H15Br/c21-20-17-12-6-4-10-15(17)19(14-8-2-1-3-9-14)16-11-5-7-13-18(16)20/h1-2,4-8,10-13H,3,9H2. The maximum Gasteiger partial charge on any atom is 0.0332 e. The minimum Gasteiger partial charge on any atom is -0.0842 e. The lowest BCUT2D eigenvalue weighted by Gasteiger charge is -2.17. The minimum absolute atomic E-state index is 1.12. The fourth-order valence-electron chi connectivity index (χ4n) is 3.23. The minimum atomic E-state index is 1.12. The fourth-order valence-corrected chi connectivity index (χ4v) is 3.92. The summed E-state index contributed by atoms with van der Waals surface area (Å²) in [6.07, 6.45) is 8.94. The third-order valence-corrected chi connectivity index (χ3v) is 5.06. The number of hydrogen-bond acceptors (Lipinski definition) is 0. The van der Waals surface area contributed by atoms with Crippen LogP contribution in [0.3, 0.4) is 0 Å². The van der Waals surface area contributed by atoms with Gasteiger partial charge in [-0.2, -0.15) is 0 Å². The lowest BCUT2D eigenvalue weighted by Crippen LogP contribution is -1.93. The summed E-state index contributed by atoms with van der Waals surface area (Å²) in [5.74, 6) is 0. The summed E-state index contributed by atoms with van der Waals surface area (Å²) < 4.78 is 1.20. The Morgan fingerprint density at radius 1 is 0.762 bits per heavy atom. The van der Waals surface area contributed by atoms with Crippen LogP contribution in [0.4, 0.5) is 0 Å². The van der Waals surface area contributed by atoms with Gasteiger partial charge in [0.15, 0.2) is 0 Å². The van der Waals surface area contributed by atoms with Crippen LogP contribution in [-0.4, -0.2) is 0 Å². The van der Waals surface area contributed by atoms with E-state index in [9.17, 15) is 0 Å². The Kier molecular flexibility index (Phi) is 3.16. The van der Waals surface area contributed by atoms with Gasteiger partial charge in [0.25, 0.3) is 0 Å². The third-order valence-electron chi connectivity index (χ3n) is 4.20. The summed E-state index contributed by atoms with van der Waals surface area (Å²) in [7, 11) is 0. The highest BCUT2D eigenvalue weighted by molar-refractivity contribution is 9.10. The van der Waals surface area contributed by atoms with E-state index in [1.165, 1.54) is 37.2 Å². The number of rotatable bonds is 1. The predicted molar refractivity (Wildman–Crippen MR) is 95.5 cm³/mol. The van der Waals surface area contributed by atoms with Crippen molar-refractivity contribution >= 4 is 43.0 Å². The van der Waals surface area contributed by atoms with Crippen molar-refractivity contribution in [2.24, 2.45) is 0 Å². The quantitative estimate of drug-likeness (QED) is 0.446. The number of benzene rings is 3. The SMILES string of the molecule is Brc1c2ccccc2c(C2=CC=CCC2)c2ccccc12. The molecule has 0 amide bonds. The molecule has 0 aromatic heterocycles. The van der Waals surface area contributed by atoms with E-state index in [4.69, 9.17) is 0 Å². The predicted octanol–water partition coefficient (Wildman–Crippen LogP) is 6.49. The molecule has 0 spiro atoms. The Balaban J connectivity index is 2.22. The van der Waals surface area contributed by atoms with E-state index >= 15 is 0 Å². The van der Waals surface area contributed by atoms with E-state index < -0.39 is 0 Å². The maximum atomic E-state index is 3.81. The molecule has 0 heterocycles. The van der Waals surface area contributed by atoms with Crippen molar-refractivity contribution in [3.05, 3.63) is 76.8 Å². The molecule has 1 aliphatic rings. The average Bonchev–Trinajstić information content (AvgIpc) is 2.56. The van der Waals surface area contributed by atoms with E-state index in [1.54, 1.807) is 0 Å². The van der Waals surface area contributed by atoms with Gasteiger partial charge in [-0.3, -0.25) is 0 Å². The Bertz CT molecular complexity index is 843. The Labute approximate surface area is 132 Å². The van der Waals surface area contributed by atoms with Crippen LogP contribution in [0.1, 0.15) is 18.4 Å². The van der Waals surface area contributed by atoms with Crippen LogP contribution in [0.25, 0.3) is 27.1 Å². The molecule has 3 aromatic carbocycles. The van der Waals surface area contributed by atoms with E-state index in [0.29, 0.717) is 0 Å². The highest BCUT2D eigenvalue weighted by Gasteiger charge is 2.15. The highest BCUT2D eigenvalue weighted by atomic mass is 79.9. The first-order chi connectivity index (χ1) is 10.4. The van der Waals surface area contributed by atoms with Gasteiger partial charge in [0, 0.05) is 4.47 Å². The molecule has 0 N–H and O–H groups in total. The van der Waals surface area contributed by atoms with Gasteiger partial charge in [-0.15, -0.1) is 0 Å². The molecule has 0 saturated heterocycles. The van der Waals surface area contributed by atoms with Gasteiger partial charge >= 0.3 is 0 Å². The molecule has 1 aliphatic carbocycles. The van der Waals surface area contributed by atoms with Crippen molar-refractivity contribution in [3.8, 4) is 0 Å². The molecule has 0 fully saturated rings. The lowest BCUT2D eigenvalue weighted by molar-refractivity contribution is 1.06. The van der Waals surface area contributed by atoms with Crippen molar-refractivity contribution in [2.75, 3.05) is 0 Å². The molecule has 0 radical (unpaired) electrons. The van der Waals surface area contributed by atoms with Gasteiger partial charge in [-0.1, -0.05) is 66.8 Å². The van der Waals surface area contributed by atoms with Gasteiger partial charge in [0.2, 0.25) is 0 Å². The van der Waals surface area contributed by atoms with E-state index in [1.807, 2.05) is 0 Å². The Hall–Kier alpha value is -1.86. The molecule has 0 unspecified atom stereocenters. The Morgan fingerprint density at radius 3 is 1.86 bits per heavy atom. The summed E-state index contributed by atoms with van der Waals surface area (Å²) in [6.45, 7) is 0. The summed E-state index contributed by atoms with van der Waals surface area (Å²) in [5, 5.41) is 5.26. The van der Waals surface area contributed by atoms with Crippen molar-refractivity contribution in [3.63, 3.8) is 0 Å². The van der Waals surface area contributed by atoms with Crippen molar-refractivity contribution in [1.29, 1.82) is 0 Å². The smallest absolute Gasteiger partial charge is 0.0332 e. The van der Waals surface area contributed by atoms with Gasteiger partial charge in [-0.05, 0) is 61.5 Å². The number of fused-ring (bicyclic) bond motifs is 2. The van der Waals surface area contributed by atoms with Gasteiger partial charge in [-0.25, -0.2) is 0 Å². The molecule has 102 valence electrons. The molecule has 3 aromatic rings. The molecule has 0 nitrogen and oxygen atoms in total. The van der Waals surface area contributed by atoms with Crippen LogP contribution in [-0.2, 0) is 0 Å². The lowest BCUT2D eigenvalue weighted by atomic mass is 9.88. The second-order valence-electron chi connectivity index (χ2n) is 5.44. The Morgan fingerprint density at radius 2 is 1.33 bits per heavy atom. The molecule has 21 heavy (non-hydrogen) atoms. The summed E-state index contributed by atoms with van der Waals surface area (Å²) in [4.78, 5) is 0. The zero-order chi connectivity index (χ0) is 14.2. The van der Waals surface area contributed by atoms with E-state index in [0.717, 1.165) is 12.8 Å². The molecule has 0 bridgehead atoms. The number of hydrogen-bond donors (Lipinski definition) is 0. The maximum absolute atomic E-state index is 3.81. The average molecular weight is 335 g/mol. The molecular weight excluding hydrogens is 320 g/mol. The van der Waals surface area contributed by atoms with Crippen LogP contribution in [0, 0.1) is 0 Å². The van der Waals surface area contributed by atoms with Gasteiger partial charge in [0.1, 0.15) is 0 Å². The largest absolute Gasteiger partial charge is 0.0842 e. The van der Waals surface area contributed by atoms with Crippen LogP contribution >= 0.6 is 15.9 Å². The van der Waals surface area contributed by atoms with E-state index in [2.05, 4.69) is 82.7 Å². The first-order valence-corrected chi connectivity index (χ1v) is 8.10. The second-order valence-corrected chi connectivity index (χ2v) is 6.23. The van der Waals surface area contributed by atoms with Crippen LogP contribution in [0.15, 0.2) is 71.2 Å². The van der Waals surface area contributed by atoms with Crippen molar-refractivity contribution < 1.29 is 0 Å². The van der Waals surface area contributed by atoms with Gasteiger partial charge in [0.05, 0.1) is 0 Å². The zero-order valence-electron chi connectivity index (χ0n) is 11.6. The summed E-state index contributed by atoms with van der Waals surface area (Å²) in [5.41, 5.74) is 2.84. The first kappa shape index (κ1) is 12.8. The van der Waals surface area contributed by atoms with E-state index in [-0.39, 0.29) is 0 Å². The topological polar surface area (TPSA) is 0 Å². The normalized spacial score (nSPS) is 14.6. The van der Waals surface area contributed by atoms with Crippen molar-refractivity contribution in [2.45, 2.75) is 12.8 Å². The molecule has 0 aliphatic heterocycles. The summed E-state index contributed by atoms with van der Waals surface area (Å²) >= 11 is 3.81. The van der Waals surface area contributed by atoms with Gasteiger partial charge < -0.3 is 0 Å². The van der Waals surface area contributed by atoms with Crippen molar-refractivity contribution in [1.82, 2.24) is 0 Å². The molecule has 1 heteroatoms. The van der Waals surface area contributed by atoms with Crippen LogP contribution in [0.5, 0.6) is 0 Å². The molecule has 0 saturated carbocycles. The molecule has 4 rings (SSSR count). The summed E-state index contributed by atoms with van der Waals surface area (Å²) in [6, 6.07) is 17.4. The highest BCUT2D eigenvalue weighted by Crippen LogP contribution is 2.40. The fraction of sp³-hybridized carbons (Fsp3) is 0.100. The van der Waals surface area contributed by atoms with Crippen LogP contribution < -0.4 is 0 Å². The zero-order valence-corrected chi connectivity index (χ0v) is 13.2. The monoisotopic (exact) mass is 334 g/mol. The second kappa shape index (κ2) is 5.16. The number of allylic oxidation sites excluding steroid dienone is 4. The molecule has 0 atom stereocenters. The molecular formula is C20H15Br. The number of halogens is 1.